The monoisotopic (exact) mass is 309 g/mol. The van der Waals surface area contributed by atoms with Crippen LogP contribution in [-0.2, 0) is 12.1 Å². The predicted molar refractivity (Wildman–Crippen MR) is 91.6 cm³/mol. The van der Waals surface area contributed by atoms with Gasteiger partial charge in [-0.2, -0.15) is 0 Å². The van der Waals surface area contributed by atoms with Crippen LogP contribution < -0.4 is 4.90 Å². The van der Waals surface area contributed by atoms with E-state index in [0.717, 1.165) is 11.4 Å². The van der Waals surface area contributed by atoms with Crippen molar-refractivity contribution in [1.29, 1.82) is 0 Å². The average molecular weight is 309 g/mol. The lowest BCUT2D eigenvalue weighted by Gasteiger charge is -2.38. The first-order valence-electron chi connectivity index (χ1n) is 8.12. The molecule has 5 rings (SSSR count). The lowest BCUT2D eigenvalue weighted by Crippen LogP contribution is -2.39. The van der Waals surface area contributed by atoms with E-state index in [4.69, 9.17) is 4.42 Å². The second-order valence-corrected chi connectivity index (χ2v) is 7.70. The molecule has 1 fully saturated rings. The third-order valence-electron chi connectivity index (χ3n) is 5.51. The maximum absolute atomic E-state index is 5.68. The van der Waals surface area contributed by atoms with Crippen LogP contribution in [0.3, 0.4) is 0 Å². The number of thiophene rings is 1. The molecule has 3 heteroatoms. The highest BCUT2D eigenvalue weighted by Gasteiger charge is 2.49. The van der Waals surface area contributed by atoms with Crippen LogP contribution in [0.1, 0.15) is 41.7 Å². The van der Waals surface area contributed by atoms with Gasteiger partial charge < -0.3 is 9.32 Å². The molecular weight excluding hydrogens is 290 g/mol. The maximum Gasteiger partial charge on any atom is 0.188 e. The molecule has 1 saturated carbocycles. The third-order valence-corrected chi connectivity index (χ3v) is 6.60. The van der Waals surface area contributed by atoms with Crippen LogP contribution in [0.15, 0.2) is 41.0 Å². The summed E-state index contributed by atoms with van der Waals surface area (Å²) < 4.78 is 5.68. The van der Waals surface area contributed by atoms with E-state index >= 15 is 0 Å². The highest BCUT2D eigenvalue weighted by molar-refractivity contribution is 7.18. The molecule has 0 unspecified atom stereocenters. The van der Waals surface area contributed by atoms with Gasteiger partial charge in [0.1, 0.15) is 0 Å². The summed E-state index contributed by atoms with van der Waals surface area (Å²) in [4.78, 5) is 5.31. The van der Waals surface area contributed by atoms with Crippen molar-refractivity contribution in [3.63, 3.8) is 0 Å². The Balaban J connectivity index is 1.75. The molecule has 0 N–H and O–H groups in total. The Bertz CT molecular complexity index is 853. The number of hydrogen-bond acceptors (Lipinski definition) is 3. The topological polar surface area (TPSA) is 16.4 Å². The molecule has 0 amide bonds. The van der Waals surface area contributed by atoms with E-state index in [-0.39, 0.29) is 5.54 Å². The number of aryl methyl sites for hydroxylation is 1. The fourth-order valence-corrected chi connectivity index (χ4v) is 5.79. The number of fused-ring (bicyclic) bond motifs is 4. The van der Waals surface area contributed by atoms with Gasteiger partial charge in [0, 0.05) is 21.5 Å². The molecule has 1 aromatic carbocycles. The van der Waals surface area contributed by atoms with Crippen molar-refractivity contribution in [3.05, 3.63) is 52.6 Å². The van der Waals surface area contributed by atoms with Gasteiger partial charge >= 0.3 is 0 Å². The summed E-state index contributed by atoms with van der Waals surface area (Å²) in [5.74, 6) is 0. The van der Waals surface area contributed by atoms with Crippen LogP contribution in [0.4, 0.5) is 5.69 Å². The zero-order valence-corrected chi connectivity index (χ0v) is 13.6. The molecule has 112 valence electrons. The van der Waals surface area contributed by atoms with Crippen molar-refractivity contribution in [2.45, 2.75) is 44.7 Å². The fourth-order valence-electron chi connectivity index (χ4n) is 4.59. The van der Waals surface area contributed by atoms with E-state index in [9.17, 15) is 0 Å². The standard InChI is InChI=1S/C19H19NOS/c1-13-6-2-3-7-15(13)20-12-16-17(19(20)9-4-5-10-19)14-8-11-21-18(14)22-16/h2-3,6-8,11H,4-5,9-10,12H2,1H3. The van der Waals surface area contributed by atoms with E-state index in [1.54, 1.807) is 5.56 Å². The summed E-state index contributed by atoms with van der Waals surface area (Å²) in [5, 5.41) is 1.36. The largest absolute Gasteiger partial charge is 0.454 e. The van der Waals surface area contributed by atoms with Gasteiger partial charge in [0.15, 0.2) is 4.90 Å². The minimum atomic E-state index is 0.198. The van der Waals surface area contributed by atoms with Crippen molar-refractivity contribution in [3.8, 4) is 0 Å². The normalized spacial score (nSPS) is 19.4. The maximum atomic E-state index is 5.68. The van der Waals surface area contributed by atoms with Gasteiger partial charge in [0.05, 0.1) is 18.3 Å². The van der Waals surface area contributed by atoms with Crippen LogP contribution in [-0.4, -0.2) is 0 Å². The lowest BCUT2D eigenvalue weighted by atomic mass is 9.88. The van der Waals surface area contributed by atoms with Crippen molar-refractivity contribution in [2.75, 3.05) is 4.90 Å². The second-order valence-electron chi connectivity index (χ2n) is 6.63. The first-order chi connectivity index (χ1) is 10.8. The van der Waals surface area contributed by atoms with E-state index in [2.05, 4.69) is 42.2 Å². The number of benzene rings is 1. The zero-order valence-electron chi connectivity index (χ0n) is 12.8. The third kappa shape index (κ3) is 1.50. The van der Waals surface area contributed by atoms with Gasteiger partial charge in [-0.15, -0.1) is 11.3 Å². The predicted octanol–water partition coefficient (Wildman–Crippen LogP) is 5.59. The van der Waals surface area contributed by atoms with E-state index < -0.39 is 0 Å². The molecule has 0 atom stereocenters. The number of rotatable bonds is 1. The van der Waals surface area contributed by atoms with Gasteiger partial charge in [0.2, 0.25) is 0 Å². The molecule has 1 spiro atoms. The zero-order chi connectivity index (χ0) is 14.7. The highest BCUT2D eigenvalue weighted by atomic mass is 32.1. The van der Waals surface area contributed by atoms with Crippen molar-refractivity contribution < 1.29 is 4.42 Å². The summed E-state index contributed by atoms with van der Waals surface area (Å²) in [7, 11) is 0. The van der Waals surface area contributed by atoms with Crippen LogP contribution in [0, 0.1) is 6.92 Å². The number of hydrogen-bond donors (Lipinski definition) is 0. The molecule has 2 aromatic heterocycles. The quantitative estimate of drug-likeness (QED) is 0.582. The van der Waals surface area contributed by atoms with Crippen LogP contribution in [0.2, 0.25) is 0 Å². The molecular formula is C19H19NOS. The molecule has 0 bridgehead atoms. The minimum Gasteiger partial charge on any atom is -0.454 e. The molecule has 1 aliphatic carbocycles. The number of para-hydroxylation sites is 1. The number of anilines is 1. The summed E-state index contributed by atoms with van der Waals surface area (Å²) in [6.45, 7) is 3.27. The Morgan fingerprint density at radius 2 is 1.95 bits per heavy atom. The molecule has 3 heterocycles. The van der Waals surface area contributed by atoms with Crippen LogP contribution in [0.25, 0.3) is 10.3 Å². The molecule has 1 aliphatic heterocycles. The number of nitrogens with zero attached hydrogens (tertiary/aromatic N) is 1. The molecule has 2 nitrogen and oxygen atoms in total. The average Bonchev–Trinajstić information content (AvgIpc) is 3.24. The summed E-state index contributed by atoms with van der Waals surface area (Å²) in [6, 6.07) is 11.0. The Morgan fingerprint density at radius 3 is 2.77 bits per heavy atom. The second kappa shape index (κ2) is 4.39. The van der Waals surface area contributed by atoms with Crippen LogP contribution >= 0.6 is 11.3 Å². The SMILES string of the molecule is Cc1ccccc1N1Cc2sc3occc3c2C12CCCC2. The van der Waals surface area contributed by atoms with Gasteiger partial charge in [-0.3, -0.25) is 0 Å². The first-order valence-corrected chi connectivity index (χ1v) is 8.94. The van der Waals surface area contributed by atoms with Gasteiger partial charge in [-0.05, 0) is 37.5 Å². The van der Waals surface area contributed by atoms with E-state index in [1.165, 1.54) is 47.2 Å². The lowest BCUT2D eigenvalue weighted by molar-refractivity contribution is 0.440. The smallest absolute Gasteiger partial charge is 0.188 e. The first kappa shape index (κ1) is 12.8. The summed E-state index contributed by atoms with van der Waals surface area (Å²) in [6.07, 6.45) is 7.05. The van der Waals surface area contributed by atoms with Gasteiger partial charge in [0.25, 0.3) is 0 Å². The Labute approximate surface area is 134 Å². The Morgan fingerprint density at radius 1 is 1.14 bits per heavy atom. The highest BCUT2D eigenvalue weighted by Crippen LogP contribution is 2.56. The molecule has 2 aliphatic rings. The van der Waals surface area contributed by atoms with Crippen molar-refractivity contribution >= 4 is 27.3 Å². The van der Waals surface area contributed by atoms with E-state index in [1.807, 2.05) is 17.6 Å². The van der Waals surface area contributed by atoms with Gasteiger partial charge in [-0.25, -0.2) is 0 Å². The molecule has 22 heavy (non-hydrogen) atoms. The molecule has 0 saturated heterocycles. The van der Waals surface area contributed by atoms with E-state index in [0.29, 0.717) is 0 Å². The fraction of sp³-hybridized carbons (Fsp3) is 0.368. The summed E-state index contributed by atoms with van der Waals surface area (Å²) in [5.41, 5.74) is 4.56. The summed E-state index contributed by atoms with van der Waals surface area (Å²) >= 11 is 1.85. The minimum absolute atomic E-state index is 0.198. The molecule has 0 radical (unpaired) electrons. The number of furan rings is 1. The van der Waals surface area contributed by atoms with Gasteiger partial charge in [-0.1, -0.05) is 31.0 Å². The molecule has 3 aromatic rings. The van der Waals surface area contributed by atoms with Crippen molar-refractivity contribution in [2.24, 2.45) is 0 Å². The van der Waals surface area contributed by atoms with Crippen LogP contribution in [0.5, 0.6) is 0 Å². The Kier molecular flexibility index (Phi) is 2.55. The Hall–Kier alpha value is -1.74. The van der Waals surface area contributed by atoms with Crippen molar-refractivity contribution in [1.82, 2.24) is 0 Å².